The summed E-state index contributed by atoms with van der Waals surface area (Å²) in [6.07, 6.45) is 2.52. The van der Waals surface area contributed by atoms with E-state index in [0.717, 1.165) is 18.8 Å². The summed E-state index contributed by atoms with van der Waals surface area (Å²) in [6, 6.07) is 5.65. The normalized spacial score (nSPS) is 17.5. The van der Waals surface area contributed by atoms with E-state index in [4.69, 9.17) is 14.2 Å². The number of carbonyl (C=O) groups excluding carboxylic acids is 1. The summed E-state index contributed by atoms with van der Waals surface area (Å²) in [5.74, 6) is 2.12. The first-order chi connectivity index (χ1) is 11.7. The zero-order valence-corrected chi connectivity index (χ0v) is 14.0. The molecule has 1 aromatic rings. The summed E-state index contributed by atoms with van der Waals surface area (Å²) in [5.41, 5.74) is 0. The summed E-state index contributed by atoms with van der Waals surface area (Å²) in [7, 11) is 0. The van der Waals surface area contributed by atoms with Crippen LogP contribution < -0.4 is 24.8 Å². The van der Waals surface area contributed by atoms with Gasteiger partial charge in [0.25, 0.3) is 0 Å². The zero-order valence-electron chi connectivity index (χ0n) is 14.0. The molecule has 0 bridgehead atoms. The first-order valence-electron chi connectivity index (χ1n) is 8.50. The molecule has 7 nitrogen and oxygen atoms in total. The summed E-state index contributed by atoms with van der Waals surface area (Å²) < 4.78 is 16.1. The van der Waals surface area contributed by atoms with Gasteiger partial charge in [0.05, 0.1) is 6.54 Å². The highest BCUT2D eigenvalue weighted by atomic mass is 16.7. The molecule has 2 heterocycles. The molecular weight excluding hydrogens is 310 g/mol. The number of rotatable bonds is 7. The third-order valence-electron chi connectivity index (χ3n) is 4.32. The second kappa shape index (κ2) is 8.10. The molecule has 2 aliphatic rings. The molecule has 132 valence electrons. The number of likely N-dealkylation sites (tertiary alicyclic amines) is 1. The molecule has 1 fully saturated rings. The predicted octanol–water partition coefficient (Wildman–Crippen LogP) is 1.58. The maximum atomic E-state index is 11.8. The van der Waals surface area contributed by atoms with E-state index < -0.39 is 0 Å². The maximum absolute atomic E-state index is 11.8. The Kier molecular flexibility index (Phi) is 5.63. The second-order valence-corrected chi connectivity index (χ2v) is 6.09. The topological polar surface area (TPSA) is 72.1 Å². The van der Waals surface area contributed by atoms with Crippen LogP contribution in [0, 0.1) is 0 Å². The van der Waals surface area contributed by atoms with E-state index >= 15 is 0 Å². The average molecular weight is 335 g/mol. The van der Waals surface area contributed by atoms with Crippen LogP contribution in [0.4, 0.5) is 4.79 Å². The molecule has 1 saturated heterocycles. The third-order valence-corrected chi connectivity index (χ3v) is 4.32. The van der Waals surface area contributed by atoms with Gasteiger partial charge in [-0.15, -0.1) is 0 Å². The minimum absolute atomic E-state index is 0.157. The van der Waals surface area contributed by atoms with Crippen molar-refractivity contribution in [3.05, 3.63) is 18.2 Å². The van der Waals surface area contributed by atoms with Gasteiger partial charge in [0.2, 0.25) is 6.79 Å². The number of benzene rings is 1. The minimum atomic E-state index is -0.157. The van der Waals surface area contributed by atoms with Gasteiger partial charge in [-0.2, -0.15) is 0 Å². The van der Waals surface area contributed by atoms with Crippen molar-refractivity contribution in [2.75, 3.05) is 39.6 Å². The molecule has 2 amide bonds. The van der Waals surface area contributed by atoms with Crippen LogP contribution in [0.25, 0.3) is 0 Å². The van der Waals surface area contributed by atoms with Gasteiger partial charge in [-0.25, -0.2) is 4.79 Å². The quantitative estimate of drug-likeness (QED) is 0.740. The van der Waals surface area contributed by atoms with Crippen LogP contribution in [0.1, 0.15) is 19.8 Å². The second-order valence-electron chi connectivity index (χ2n) is 6.09. The van der Waals surface area contributed by atoms with E-state index in [0.29, 0.717) is 37.2 Å². The molecule has 0 aliphatic carbocycles. The Morgan fingerprint density at radius 2 is 2.04 bits per heavy atom. The standard InChI is InChI=1S/C17H25N3O4/c1-13(20-7-2-3-8-20)11-19-17(21)18-6-9-22-14-4-5-15-16(10-14)24-12-23-15/h4-5,10,13H,2-3,6-9,11-12H2,1H3,(H2,18,19,21)/t13-/m1/s1. The van der Waals surface area contributed by atoms with Crippen LogP contribution in [-0.2, 0) is 0 Å². The Labute approximate surface area is 142 Å². The van der Waals surface area contributed by atoms with Crippen LogP contribution in [0.15, 0.2) is 18.2 Å². The lowest BCUT2D eigenvalue weighted by molar-refractivity contribution is 0.173. The highest BCUT2D eigenvalue weighted by Gasteiger charge is 2.18. The first kappa shape index (κ1) is 16.7. The number of carbonyl (C=O) groups is 1. The van der Waals surface area contributed by atoms with Crippen molar-refractivity contribution in [1.29, 1.82) is 0 Å². The number of nitrogens with zero attached hydrogens (tertiary/aromatic N) is 1. The number of nitrogens with one attached hydrogen (secondary N) is 2. The zero-order chi connectivity index (χ0) is 16.8. The molecule has 0 saturated carbocycles. The number of fused-ring (bicyclic) bond motifs is 1. The third kappa shape index (κ3) is 4.44. The lowest BCUT2D eigenvalue weighted by atomic mass is 10.3. The maximum Gasteiger partial charge on any atom is 0.314 e. The van der Waals surface area contributed by atoms with Crippen molar-refractivity contribution in [3.63, 3.8) is 0 Å². The Morgan fingerprint density at radius 3 is 2.88 bits per heavy atom. The number of hydrogen-bond donors (Lipinski definition) is 2. The summed E-state index contributed by atoms with van der Waals surface area (Å²) >= 11 is 0. The van der Waals surface area contributed by atoms with Crippen LogP contribution in [-0.4, -0.2) is 56.6 Å². The van der Waals surface area contributed by atoms with Gasteiger partial charge in [-0.1, -0.05) is 0 Å². The Morgan fingerprint density at radius 1 is 1.25 bits per heavy atom. The molecule has 3 rings (SSSR count). The largest absolute Gasteiger partial charge is 0.492 e. The number of ether oxygens (including phenoxy) is 3. The monoisotopic (exact) mass is 335 g/mol. The fraction of sp³-hybridized carbons (Fsp3) is 0.588. The molecule has 1 atom stereocenters. The van der Waals surface area contributed by atoms with Crippen molar-refractivity contribution in [3.8, 4) is 17.2 Å². The lowest BCUT2D eigenvalue weighted by Gasteiger charge is -2.23. The van der Waals surface area contributed by atoms with E-state index in [1.165, 1.54) is 12.8 Å². The van der Waals surface area contributed by atoms with Crippen LogP contribution in [0.2, 0.25) is 0 Å². The van der Waals surface area contributed by atoms with Gasteiger partial charge in [0.15, 0.2) is 11.5 Å². The highest BCUT2D eigenvalue weighted by Crippen LogP contribution is 2.34. The van der Waals surface area contributed by atoms with Gasteiger partial charge in [-0.3, -0.25) is 4.90 Å². The van der Waals surface area contributed by atoms with Gasteiger partial charge in [0, 0.05) is 18.7 Å². The minimum Gasteiger partial charge on any atom is -0.492 e. The first-order valence-corrected chi connectivity index (χ1v) is 8.50. The van der Waals surface area contributed by atoms with E-state index in [9.17, 15) is 4.79 Å². The van der Waals surface area contributed by atoms with Crippen LogP contribution in [0.3, 0.4) is 0 Å². The van der Waals surface area contributed by atoms with Crippen molar-refractivity contribution in [2.45, 2.75) is 25.8 Å². The summed E-state index contributed by atoms with van der Waals surface area (Å²) in [6.45, 7) is 6.16. The SMILES string of the molecule is C[C@H](CNC(=O)NCCOc1ccc2c(c1)OCO2)N1CCCC1. The fourth-order valence-electron chi connectivity index (χ4n) is 2.91. The molecule has 0 aromatic heterocycles. The lowest BCUT2D eigenvalue weighted by Crippen LogP contribution is -2.45. The Bertz CT molecular complexity index is 561. The van der Waals surface area contributed by atoms with E-state index in [-0.39, 0.29) is 12.8 Å². The fourth-order valence-corrected chi connectivity index (χ4v) is 2.91. The van der Waals surface area contributed by atoms with Crippen LogP contribution >= 0.6 is 0 Å². The van der Waals surface area contributed by atoms with E-state index in [1.54, 1.807) is 6.07 Å². The molecule has 2 N–H and O–H groups in total. The summed E-state index contributed by atoms with van der Waals surface area (Å²) in [5, 5.41) is 5.71. The van der Waals surface area contributed by atoms with Gasteiger partial charge in [-0.05, 0) is 45.0 Å². The van der Waals surface area contributed by atoms with Gasteiger partial charge >= 0.3 is 6.03 Å². The predicted molar refractivity (Wildman–Crippen MR) is 89.7 cm³/mol. The molecule has 0 radical (unpaired) electrons. The number of urea groups is 1. The highest BCUT2D eigenvalue weighted by molar-refractivity contribution is 5.73. The number of amides is 2. The Hall–Kier alpha value is -2.15. The van der Waals surface area contributed by atoms with Crippen molar-refractivity contribution < 1.29 is 19.0 Å². The van der Waals surface area contributed by atoms with E-state index in [2.05, 4.69) is 22.5 Å². The van der Waals surface area contributed by atoms with Gasteiger partial charge < -0.3 is 24.8 Å². The molecule has 0 unspecified atom stereocenters. The Balaban J connectivity index is 1.29. The van der Waals surface area contributed by atoms with E-state index in [1.807, 2.05) is 12.1 Å². The van der Waals surface area contributed by atoms with Crippen molar-refractivity contribution >= 4 is 6.03 Å². The molecule has 7 heteroatoms. The number of hydrogen-bond acceptors (Lipinski definition) is 5. The van der Waals surface area contributed by atoms with Crippen LogP contribution in [0.5, 0.6) is 17.2 Å². The molecule has 24 heavy (non-hydrogen) atoms. The molecule has 1 aromatic carbocycles. The molecular formula is C17H25N3O4. The van der Waals surface area contributed by atoms with Gasteiger partial charge in [0.1, 0.15) is 12.4 Å². The smallest absolute Gasteiger partial charge is 0.314 e. The average Bonchev–Trinajstić information content (AvgIpc) is 3.27. The molecule has 2 aliphatic heterocycles. The van der Waals surface area contributed by atoms with Crippen molar-refractivity contribution in [2.24, 2.45) is 0 Å². The molecule has 0 spiro atoms. The van der Waals surface area contributed by atoms with Crippen molar-refractivity contribution in [1.82, 2.24) is 15.5 Å². The summed E-state index contributed by atoms with van der Waals surface area (Å²) in [4.78, 5) is 14.2.